The van der Waals surface area contributed by atoms with Gasteiger partial charge in [0.2, 0.25) is 0 Å². The van der Waals surface area contributed by atoms with Gasteiger partial charge in [-0.25, -0.2) is 9.37 Å². The molecule has 0 saturated heterocycles. The summed E-state index contributed by atoms with van der Waals surface area (Å²) in [7, 11) is 1.79. The van der Waals surface area contributed by atoms with Gasteiger partial charge >= 0.3 is 0 Å². The van der Waals surface area contributed by atoms with E-state index >= 15 is 0 Å². The molecule has 0 aliphatic heterocycles. The SMILES string of the molecule is CNCc1c(Oc2ccccc2F)ccnc1N. The van der Waals surface area contributed by atoms with Crippen molar-refractivity contribution < 1.29 is 9.13 Å². The summed E-state index contributed by atoms with van der Waals surface area (Å²) in [4.78, 5) is 3.99. The van der Waals surface area contributed by atoms with Crippen LogP contribution in [0.1, 0.15) is 5.56 Å². The van der Waals surface area contributed by atoms with Gasteiger partial charge in [-0.05, 0) is 25.2 Å². The van der Waals surface area contributed by atoms with Gasteiger partial charge in [0, 0.05) is 12.7 Å². The molecule has 1 aromatic carbocycles. The number of nitrogens with two attached hydrogens (primary N) is 1. The molecular weight excluding hydrogens is 233 g/mol. The van der Waals surface area contributed by atoms with Gasteiger partial charge in [-0.1, -0.05) is 12.1 Å². The van der Waals surface area contributed by atoms with Crippen LogP contribution in [0.15, 0.2) is 36.5 Å². The van der Waals surface area contributed by atoms with Crippen LogP contribution in [0.3, 0.4) is 0 Å². The largest absolute Gasteiger partial charge is 0.454 e. The molecule has 18 heavy (non-hydrogen) atoms. The van der Waals surface area contributed by atoms with Crippen molar-refractivity contribution in [3.8, 4) is 11.5 Å². The minimum atomic E-state index is -0.414. The van der Waals surface area contributed by atoms with Crippen molar-refractivity contribution in [3.63, 3.8) is 0 Å². The molecule has 5 heteroatoms. The number of halogens is 1. The van der Waals surface area contributed by atoms with Gasteiger partial charge in [-0.15, -0.1) is 0 Å². The summed E-state index contributed by atoms with van der Waals surface area (Å²) >= 11 is 0. The van der Waals surface area contributed by atoms with E-state index in [1.165, 1.54) is 12.3 Å². The molecule has 0 aliphatic rings. The molecule has 94 valence electrons. The van der Waals surface area contributed by atoms with E-state index in [-0.39, 0.29) is 5.75 Å². The van der Waals surface area contributed by atoms with Crippen LogP contribution in [0.25, 0.3) is 0 Å². The Kier molecular flexibility index (Phi) is 3.74. The number of ether oxygens (including phenoxy) is 1. The average Bonchev–Trinajstić information content (AvgIpc) is 2.36. The lowest BCUT2D eigenvalue weighted by molar-refractivity contribution is 0.436. The first-order chi connectivity index (χ1) is 8.72. The highest BCUT2D eigenvalue weighted by Crippen LogP contribution is 2.29. The number of benzene rings is 1. The molecule has 0 amide bonds. The van der Waals surface area contributed by atoms with Gasteiger partial charge in [0.15, 0.2) is 11.6 Å². The fraction of sp³-hybridized carbons (Fsp3) is 0.154. The molecule has 4 nitrogen and oxygen atoms in total. The predicted octanol–water partition coefficient (Wildman–Crippen LogP) is 2.31. The number of para-hydroxylation sites is 1. The van der Waals surface area contributed by atoms with Gasteiger partial charge in [-0.2, -0.15) is 0 Å². The van der Waals surface area contributed by atoms with Crippen LogP contribution in [-0.2, 0) is 6.54 Å². The fourth-order valence-corrected chi connectivity index (χ4v) is 1.59. The highest BCUT2D eigenvalue weighted by molar-refractivity contribution is 5.49. The maximum Gasteiger partial charge on any atom is 0.165 e. The Labute approximate surface area is 105 Å². The van der Waals surface area contributed by atoms with E-state index in [1.54, 1.807) is 31.3 Å². The lowest BCUT2D eigenvalue weighted by atomic mass is 10.2. The zero-order chi connectivity index (χ0) is 13.0. The summed E-state index contributed by atoms with van der Waals surface area (Å²) in [5.74, 6) is 0.629. The quantitative estimate of drug-likeness (QED) is 0.870. The topological polar surface area (TPSA) is 60.2 Å². The van der Waals surface area contributed by atoms with E-state index < -0.39 is 5.82 Å². The molecule has 0 unspecified atom stereocenters. The minimum absolute atomic E-state index is 0.167. The van der Waals surface area contributed by atoms with E-state index in [9.17, 15) is 4.39 Å². The van der Waals surface area contributed by atoms with Crippen LogP contribution in [0, 0.1) is 5.82 Å². The maximum atomic E-state index is 13.5. The number of anilines is 1. The van der Waals surface area contributed by atoms with Crippen molar-refractivity contribution in [2.45, 2.75) is 6.54 Å². The number of rotatable bonds is 4. The molecule has 2 rings (SSSR count). The summed E-state index contributed by atoms with van der Waals surface area (Å²) in [6.45, 7) is 0.503. The lowest BCUT2D eigenvalue weighted by Gasteiger charge is -2.12. The van der Waals surface area contributed by atoms with E-state index in [2.05, 4.69) is 10.3 Å². The van der Waals surface area contributed by atoms with Crippen LogP contribution < -0.4 is 15.8 Å². The molecular formula is C13H14FN3O. The van der Waals surface area contributed by atoms with E-state index in [1.807, 2.05) is 0 Å². The lowest BCUT2D eigenvalue weighted by Crippen LogP contribution is -2.10. The number of pyridine rings is 1. The van der Waals surface area contributed by atoms with E-state index in [0.717, 1.165) is 0 Å². The zero-order valence-electron chi connectivity index (χ0n) is 9.98. The molecule has 0 radical (unpaired) electrons. The number of nitrogens with zero attached hydrogens (tertiary/aromatic N) is 1. The Hall–Kier alpha value is -2.14. The number of nitrogens with one attached hydrogen (secondary N) is 1. The standard InChI is InChI=1S/C13H14FN3O/c1-16-8-9-11(6-7-17-13(9)15)18-12-5-3-2-4-10(12)14/h2-7,16H,8H2,1H3,(H2,15,17). The van der Waals surface area contributed by atoms with Crippen LogP contribution in [0.2, 0.25) is 0 Å². The molecule has 0 atom stereocenters. The number of hydrogen-bond acceptors (Lipinski definition) is 4. The molecule has 3 N–H and O–H groups in total. The van der Waals surface area contributed by atoms with Crippen LogP contribution in [0.4, 0.5) is 10.2 Å². The Balaban J connectivity index is 2.34. The number of hydrogen-bond donors (Lipinski definition) is 2. The highest BCUT2D eigenvalue weighted by Gasteiger charge is 2.10. The van der Waals surface area contributed by atoms with Gasteiger partial charge in [0.05, 0.1) is 5.56 Å². The summed E-state index contributed by atoms with van der Waals surface area (Å²) in [5, 5.41) is 2.97. The molecule has 0 bridgehead atoms. The molecule has 0 fully saturated rings. The third kappa shape index (κ3) is 2.57. The summed E-state index contributed by atoms with van der Waals surface area (Å²) < 4.78 is 19.0. The Morgan fingerprint density at radius 3 is 2.78 bits per heavy atom. The first-order valence-electron chi connectivity index (χ1n) is 5.52. The minimum Gasteiger partial charge on any atom is -0.454 e. The van der Waals surface area contributed by atoms with Crippen LogP contribution in [0.5, 0.6) is 11.5 Å². The Morgan fingerprint density at radius 2 is 2.06 bits per heavy atom. The number of aromatic nitrogens is 1. The monoisotopic (exact) mass is 247 g/mol. The second kappa shape index (κ2) is 5.46. The van der Waals surface area contributed by atoms with Gasteiger partial charge in [0.1, 0.15) is 11.6 Å². The molecule has 0 saturated carbocycles. The molecule has 0 aliphatic carbocycles. The smallest absolute Gasteiger partial charge is 0.165 e. The summed E-state index contributed by atoms with van der Waals surface area (Å²) in [5.41, 5.74) is 6.49. The average molecular weight is 247 g/mol. The van der Waals surface area contributed by atoms with Gasteiger partial charge in [-0.3, -0.25) is 0 Å². The first kappa shape index (κ1) is 12.3. The zero-order valence-corrected chi connectivity index (χ0v) is 9.98. The molecule has 0 spiro atoms. The maximum absolute atomic E-state index is 13.5. The molecule has 2 aromatic rings. The third-order valence-corrected chi connectivity index (χ3v) is 2.46. The summed E-state index contributed by atoms with van der Waals surface area (Å²) in [6, 6.07) is 7.89. The summed E-state index contributed by atoms with van der Waals surface area (Å²) in [6.07, 6.45) is 1.53. The Morgan fingerprint density at radius 1 is 1.28 bits per heavy atom. The van der Waals surface area contributed by atoms with Crippen molar-refractivity contribution in [2.24, 2.45) is 0 Å². The third-order valence-electron chi connectivity index (χ3n) is 2.46. The molecule has 1 heterocycles. The van der Waals surface area contributed by atoms with Crippen molar-refractivity contribution in [3.05, 3.63) is 47.9 Å². The normalized spacial score (nSPS) is 10.3. The van der Waals surface area contributed by atoms with E-state index in [0.29, 0.717) is 23.7 Å². The second-order valence-corrected chi connectivity index (χ2v) is 3.74. The van der Waals surface area contributed by atoms with E-state index in [4.69, 9.17) is 10.5 Å². The van der Waals surface area contributed by atoms with Gasteiger partial charge < -0.3 is 15.8 Å². The fourth-order valence-electron chi connectivity index (χ4n) is 1.59. The highest BCUT2D eigenvalue weighted by atomic mass is 19.1. The Bertz CT molecular complexity index is 546. The predicted molar refractivity (Wildman–Crippen MR) is 67.9 cm³/mol. The molecule has 1 aromatic heterocycles. The second-order valence-electron chi connectivity index (χ2n) is 3.74. The van der Waals surface area contributed by atoms with Crippen LogP contribution in [-0.4, -0.2) is 12.0 Å². The van der Waals surface area contributed by atoms with Gasteiger partial charge in [0.25, 0.3) is 0 Å². The van der Waals surface area contributed by atoms with Crippen molar-refractivity contribution >= 4 is 5.82 Å². The number of nitrogen functional groups attached to an aromatic ring is 1. The first-order valence-corrected chi connectivity index (χ1v) is 5.52. The van der Waals surface area contributed by atoms with Crippen molar-refractivity contribution in [1.29, 1.82) is 0 Å². The van der Waals surface area contributed by atoms with Crippen LogP contribution >= 0.6 is 0 Å². The van der Waals surface area contributed by atoms with Crippen molar-refractivity contribution in [1.82, 2.24) is 10.3 Å². The van der Waals surface area contributed by atoms with Crippen molar-refractivity contribution in [2.75, 3.05) is 12.8 Å².